The zero-order valence-corrected chi connectivity index (χ0v) is 10.7. The lowest BCUT2D eigenvalue weighted by molar-refractivity contribution is -0.137. The Balaban J connectivity index is 2.91. The molecule has 2 atom stereocenters. The van der Waals surface area contributed by atoms with Gasteiger partial charge in [0, 0.05) is 11.4 Å². The van der Waals surface area contributed by atoms with Gasteiger partial charge in [0.2, 0.25) is 0 Å². The fraction of sp³-hybridized carbons (Fsp3) is 0.500. The summed E-state index contributed by atoms with van der Waals surface area (Å²) in [7, 11) is 0. The SMILES string of the molecule is CC(O)C(C)Sc1ncc(C(F)(F)F)cc1Cl. The average Bonchev–Trinajstić information content (AvgIpc) is 2.19. The van der Waals surface area contributed by atoms with Crippen molar-refractivity contribution in [1.82, 2.24) is 4.98 Å². The van der Waals surface area contributed by atoms with Gasteiger partial charge in [-0.2, -0.15) is 13.2 Å². The lowest BCUT2D eigenvalue weighted by Gasteiger charge is -2.15. The Morgan fingerprint density at radius 1 is 1.41 bits per heavy atom. The molecule has 1 rings (SSSR count). The molecule has 96 valence electrons. The van der Waals surface area contributed by atoms with Crippen LogP contribution in [0.1, 0.15) is 19.4 Å². The van der Waals surface area contributed by atoms with E-state index in [4.69, 9.17) is 11.6 Å². The normalized spacial score (nSPS) is 15.7. The van der Waals surface area contributed by atoms with Gasteiger partial charge in [-0.05, 0) is 13.0 Å². The van der Waals surface area contributed by atoms with Gasteiger partial charge < -0.3 is 5.11 Å². The van der Waals surface area contributed by atoms with Gasteiger partial charge in [0.15, 0.2) is 0 Å². The van der Waals surface area contributed by atoms with Crippen LogP contribution in [0, 0.1) is 0 Å². The zero-order valence-electron chi connectivity index (χ0n) is 9.12. The summed E-state index contributed by atoms with van der Waals surface area (Å²) in [5, 5.41) is 9.31. The highest BCUT2D eigenvalue weighted by atomic mass is 35.5. The molecule has 1 heterocycles. The van der Waals surface area contributed by atoms with E-state index in [1.807, 2.05) is 0 Å². The first-order valence-electron chi connectivity index (χ1n) is 4.79. The van der Waals surface area contributed by atoms with E-state index in [0.29, 0.717) is 0 Å². The highest BCUT2D eigenvalue weighted by Gasteiger charge is 2.31. The van der Waals surface area contributed by atoms with Crippen LogP contribution in [0.3, 0.4) is 0 Å². The molecule has 1 aromatic rings. The van der Waals surface area contributed by atoms with E-state index >= 15 is 0 Å². The summed E-state index contributed by atoms with van der Waals surface area (Å²) in [6.45, 7) is 3.33. The van der Waals surface area contributed by atoms with Crippen LogP contribution in [0.4, 0.5) is 13.2 Å². The number of halogens is 4. The van der Waals surface area contributed by atoms with Crippen LogP contribution in [0.5, 0.6) is 0 Å². The Hall–Kier alpha value is -0.460. The quantitative estimate of drug-likeness (QED) is 0.861. The van der Waals surface area contributed by atoms with Crippen molar-refractivity contribution in [3.63, 3.8) is 0 Å². The van der Waals surface area contributed by atoms with Gasteiger partial charge in [-0.3, -0.25) is 0 Å². The molecule has 0 amide bonds. The number of pyridine rings is 1. The smallest absolute Gasteiger partial charge is 0.392 e. The molecule has 0 radical (unpaired) electrons. The minimum Gasteiger partial charge on any atom is -0.392 e. The van der Waals surface area contributed by atoms with E-state index in [0.717, 1.165) is 24.0 Å². The summed E-state index contributed by atoms with van der Waals surface area (Å²) in [6.07, 6.45) is -4.31. The van der Waals surface area contributed by atoms with Crippen LogP contribution in [-0.4, -0.2) is 21.4 Å². The number of hydrogen-bond donors (Lipinski definition) is 1. The highest BCUT2D eigenvalue weighted by Crippen LogP contribution is 2.35. The summed E-state index contributed by atoms with van der Waals surface area (Å²) in [5.41, 5.74) is -0.878. The van der Waals surface area contributed by atoms with E-state index < -0.39 is 17.8 Å². The molecule has 0 spiro atoms. The molecule has 0 saturated heterocycles. The van der Waals surface area contributed by atoms with E-state index in [2.05, 4.69) is 4.98 Å². The first-order valence-corrected chi connectivity index (χ1v) is 6.05. The first-order chi connectivity index (χ1) is 7.71. The molecule has 0 saturated carbocycles. The van der Waals surface area contributed by atoms with E-state index in [1.54, 1.807) is 13.8 Å². The summed E-state index contributed by atoms with van der Waals surface area (Å²) in [5.74, 6) is 0. The highest BCUT2D eigenvalue weighted by molar-refractivity contribution is 8.00. The fourth-order valence-electron chi connectivity index (χ4n) is 0.942. The molecule has 0 aromatic carbocycles. The second kappa shape index (κ2) is 5.46. The predicted molar refractivity (Wildman–Crippen MR) is 61.2 cm³/mol. The van der Waals surface area contributed by atoms with Gasteiger partial charge in [-0.1, -0.05) is 30.3 Å². The maximum atomic E-state index is 12.3. The molecule has 7 heteroatoms. The molecule has 0 aliphatic carbocycles. The van der Waals surface area contributed by atoms with Gasteiger partial charge in [-0.15, -0.1) is 0 Å². The molecule has 0 bridgehead atoms. The van der Waals surface area contributed by atoms with Crippen LogP contribution in [0.2, 0.25) is 5.02 Å². The van der Waals surface area contributed by atoms with Gasteiger partial charge >= 0.3 is 6.18 Å². The summed E-state index contributed by atoms with van der Waals surface area (Å²) >= 11 is 6.86. The van der Waals surface area contributed by atoms with Crippen molar-refractivity contribution in [2.45, 2.75) is 36.4 Å². The summed E-state index contributed by atoms with van der Waals surface area (Å²) in [6, 6.07) is 0.839. The first kappa shape index (κ1) is 14.6. The molecule has 1 N–H and O–H groups in total. The van der Waals surface area contributed by atoms with Crippen LogP contribution in [0.15, 0.2) is 17.3 Å². The molecule has 1 aromatic heterocycles. The Labute approximate surface area is 106 Å². The Bertz CT molecular complexity index is 398. The Kier molecular flexibility index (Phi) is 4.69. The lowest BCUT2D eigenvalue weighted by Crippen LogP contribution is -2.15. The van der Waals surface area contributed by atoms with E-state index in [-0.39, 0.29) is 15.3 Å². The third-order valence-electron chi connectivity index (χ3n) is 2.11. The lowest BCUT2D eigenvalue weighted by atomic mass is 10.3. The van der Waals surface area contributed by atoms with Crippen LogP contribution < -0.4 is 0 Å². The van der Waals surface area contributed by atoms with Crippen molar-refractivity contribution in [1.29, 1.82) is 0 Å². The average molecular weight is 286 g/mol. The maximum Gasteiger partial charge on any atom is 0.417 e. The van der Waals surface area contributed by atoms with Crippen LogP contribution in [-0.2, 0) is 6.18 Å². The van der Waals surface area contributed by atoms with Crippen molar-refractivity contribution in [2.24, 2.45) is 0 Å². The monoisotopic (exact) mass is 285 g/mol. The number of alkyl halides is 3. The number of aromatic nitrogens is 1. The van der Waals surface area contributed by atoms with Gasteiger partial charge in [-0.25, -0.2) is 4.98 Å². The van der Waals surface area contributed by atoms with Crippen LogP contribution >= 0.6 is 23.4 Å². The minimum absolute atomic E-state index is 0.0580. The Morgan fingerprint density at radius 3 is 2.41 bits per heavy atom. The van der Waals surface area contributed by atoms with Crippen molar-refractivity contribution >= 4 is 23.4 Å². The summed E-state index contributed by atoms with van der Waals surface area (Å²) in [4.78, 5) is 3.67. The number of thioether (sulfide) groups is 1. The number of hydrogen-bond acceptors (Lipinski definition) is 3. The molecule has 0 aliphatic rings. The minimum atomic E-state index is -4.45. The molecule has 0 fully saturated rings. The van der Waals surface area contributed by atoms with Gasteiger partial charge in [0.1, 0.15) is 5.03 Å². The number of nitrogens with zero attached hydrogens (tertiary/aromatic N) is 1. The Morgan fingerprint density at radius 2 is 2.00 bits per heavy atom. The molecule has 17 heavy (non-hydrogen) atoms. The molecule has 0 aliphatic heterocycles. The standard InChI is InChI=1S/C10H11ClF3NOS/c1-5(16)6(2)17-9-8(11)3-7(4-15-9)10(12,13)14/h3-6,16H,1-2H3. The van der Waals surface area contributed by atoms with Gasteiger partial charge in [0.05, 0.1) is 16.7 Å². The molecule has 2 nitrogen and oxygen atoms in total. The van der Waals surface area contributed by atoms with Crippen molar-refractivity contribution < 1.29 is 18.3 Å². The summed E-state index contributed by atoms with van der Waals surface area (Å²) < 4.78 is 37.0. The van der Waals surface area contributed by atoms with Gasteiger partial charge in [0.25, 0.3) is 0 Å². The number of aliphatic hydroxyl groups is 1. The molecule has 2 unspecified atom stereocenters. The number of aliphatic hydroxyl groups excluding tert-OH is 1. The second-order valence-electron chi connectivity index (χ2n) is 3.57. The second-order valence-corrected chi connectivity index (χ2v) is 5.35. The maximum absolute atomic E-state index is 12.3. The van der Waals surface area contributed by atoms with E-state index in [9.17, 15) is 18.3 Å². The third-order valence-corrected chi connectivity index (χ3v) is 3.83. The van der Waals surface area contributed by atoms with Crippen molar-refractivity contribution in [2.75, 3.05) is 0 Å². The van der Waals surface area contributed by atoms with Crippen molar-refractivity contribution in [3.8, 4) is 0 Å². The van der Waals surface area contributed by atoms with Crippen molar-refractivity contribution in [3.05, 3.63) is 22.8 Å². The fourth-order valence-corrected chi connectivity index (χ4v) is 2.08. The number of rotatable bonds is 3. The van der Waals surface area contributed by atoms with Crippen LogP contribution in [0.25, 0.3) is 0 Å². The third kappa shape index (κ3) is 4.04. The molecular weight excluding hydrogens is 275 g/mol. The molecular formula is C10H11ClF3NOS. The van der Waals surface area contributed by atoms with E-state index in [1.165, 1.54) is 0 Å². The zero-order chi connectivity index (χ0) is 13.2. The topological polar surface area (TPSA) is 33.1 Å². The largest absolute Gasteiger partial charge is 0.417 e. The predicted octanol–water partition coefficient (Wildman–Crippen LogP) is 3.62.